The van der Waals surface area contributed by atoms with Crippen molar-refractivity contribution >= 4 is 29.5 Å². The first kappa shape index (κ1) is 21.2. The predicted octanol–water partition coefficient (Wildman–Crippen LogP) is 6.40. The second-order valence-corrected chi connectivity index (χ2v) is 10.2. The third-order valence-electron chi connectivity index (χ3n) is 5.57. The van der Waals surface area contributed by atoms with Gasteiger partial charge in [0, 0.05) is 11.7 Å². The van der Waals surface area contributed by atoms with Crippen LogP contribution in [-0.2, 0) is 4.79 Å². The van der Waals surface area contributed by atoms with Crippen molar-refractivity contribution in [1.29, 1.82) is 0 Å². The van der Waals surface area contributed by atoms with E-state index >= 15 is 0 Å². The Morgan fingerprint density at radius 3 is 2.64 bits per heavy atom. The van der Waals surface area contributed by atoms with Gasteiger partial charge in [-0.2, -0.15) is 23.5 Å². The number of hydrogen-bond acceptors (Lipinski definition) is 3. The van der Waals surface area contributed by atoms with Crippen molar-refractivity contribution in [3.05, 3.63) is 12.2 Å². The zero-order chi connectivity index (χ0) is 17.7. The standard InChI is InChI=1S/C21H36O2S2/c22-21(23)14-7-2-1-4-10-18-16-24-17-19(18)11-8-9-15-25-20-12-5-3-6-13-20/h1,4,18-20H,2-3,5-17H2,(H,22,23)/t18-,19+/m0/s1. The summed E-state index contributed by atoms with van der Waals surface area (Å²) < 4.78 is 0. The van der Waals surface area contributed by atoms with Crippen molar-refractivity contribution in [2.75, 3.05) is 17.3 Å². The lowest BCUT2D eigenvalue weighted by molar-refractivity contribution is -0.137. The molecule has 0 aromatic rings. The molecule has 2 aliphatic rings. The molecule has 1 saturated carbocycles. The van der Waals surface area contributed by atoms with Gasteiger partial charge in [0.1, 0.15) is 0 Å². The van der Waals surface area contributed by atoms with E-state index < -0.39 is 5.97 Å². The Balaban J connectivity index is 1.50. The molecule has 1 heterocycles. The molecule has 1 aliphatic heterocycles. The van der Waals surface area contributed by atoms with Gasteiger partial charge < -0.3 is 5.11 Å². The molecule has 2 nitrogen and oxygen atoms in total. The fourth-order valence-electron chi connectivity index (χ4n) is 3.97. The zero-order valence-electron chi connectivity index (χ0n) is 15.7. The van der Waals surface area contributed by atoms with Gasteiger partial charge in [-0.25, -0.2) is 0 Å². The molecule has 0 amide bonds. The van der Waals surface area contributed by atoms with E-state index in [1.807, 2.05) is 0 Å². The largest absolute Gasteiger partial charge is 0.481 e. The fraction of sp³-hybridized carbons (Fsp3) is 0.857. The molecule has 1 N–H and O–H groups in total. The lowest BCUT2D eigenvalue weighted by Crippen LogP contribution is -2.12. The molecule has 1 saturated heterocycles. The molecule has 0 bridgehead atoms. The minimum atomic E-state index is -0.678. The quantitative estimate of drug-likeness (QED) is 0.312. The average Bonchev–Trinajstić information content (AvgIpc) is 3.06. The SMILES string of the molecule is O=C(O)CCCC=CC[C@H]1CSC[C@H]1CCCCSC1CCCCC1. The summed E-state index contributed by atoms with van der Waals surface area (Å²) in [7, 11) is 0. The average molecular weight is 385 g/mol. The summed E-state index contributed by atoms with van der Waals surface area (Å²) in [5.74, 6) is 5.13. The van der Waals surface area contributed by atoms with Crippen molar-refractivity contribution in [1.82, 2.24) is 0 Å². The third kappa shape index (κ3) is 9.42. The zero-order valence-corrected chi connectivity index (χ0v) is 17.3. The van der Waals surface area contributed by atoms with Crippen LogP contribution in [0.25, 0.3) is 0 Å². The first-order chi connectivity index (χ1) is 12.3. The molecule has 2 fully saturated rings. The number of hydrogen-bond donors (Lipinski definition) is 1. The van der Waals surface area contributed by atoms with Gasteiger partial charge in [0.15, 0.2) is 0 Å². The van der Waals surface area contributed by atoms with Gasteiger partial charge >= 0.3 is 5.97 Å². The van der Waals surface area contributed by atoms with Crippen LogP contribution in [-0.4, -0.2) is 33.6 Å². The van der Waals surface area contributed by atoms with Crippen LogP contribution in [0.2, 0.25) is 0 Å². The molecule has 144 valence electrons. The number of rotatable bonds is 12. The van der Waals surface area contributed by atoms with Gasteiger partial charge in [-0.3, -0.25) is 4.79 Å². The summed E-state index contributed by atoms with van der Waals surface area (Å²) >= 11 is 4.38. The summed E-state index contributed by atoms with van der Waals surface area (Å²) in [6.07, 6.45) is 19.2. The molecule has 1 aliphatic carbocycles. The molecule has 2 rings (SSSR count). The van der Waals surface area contributed by atoms with Gasteiger partial charge in [0.05, 0.1) is 0 Å². The van der Waals surface area contributed by atoms with Crippen molar-refractivity contribution < 1.29 is 9.90 Å². The van der Waals surface area contributed by atoms with E-state index in [-0.39, 0.29) is 0 Å². The molecule has 0 aromatic carbocycles. The van der Waals surface area contributed by atoms with Crippen LogP contribution in [0.3, 0.4) is 0 Å². The van der Waals surface area contributed by atoms with Crippen molar-refractivity contribution in [2.45, 2.75) is 82.3 Å². The first-order valence-electron chi connectivity index (χ1n) is 10.3. The maximum atomic E-state index is 10.5. The Hall–Kier alpha value is -0.0900. The summed E-state index contributed by atoms with van der Waals surface area (Å²) in [5, 5.41) is 9.61. The Labute approximate surface area is 163 Å². The highest BCUT2D eigenvalue weighted by Crippen LogP contribution is 2.36. The summed E-state index contributed by atoms with van der Waals surface area (Å²) in [6, 6.07) is 0. The van der Waals surface area contributed by atoms with E-state index in [0.717, 1.165) is 29.9 Å². The number of allylic oxidation sites excluding steroid dienone is 2. The van der Waals surface area contributed by atoms with Crippen molar-refractivity contribution in [3.8, 4) is 0 Å². The van der Waals surface area contributed by atoms with E-state index in [1.54, 1.807) is 0 Å². The topological polar surface area (TPSA) is 37.3 Å². The Morgan fingerprint density at radius 1 is 1.04 bits per heavy atom. The van der Waals surface area contributed by atoms with Crippen LogP contribution in [0.1, 0.15) is 77.0 Å². The predicted molar refractivity (Wildman–Crippen MR) is 113 cm³/mol. The van der Waals surface area contributed by atoms with E-state index in [1.165, 1.54) is 75.0 Å². The van der Waals surface area contributed by atoms with E-state index in [0.29, 0.717) is 6.42 Å². The Morgan fingerprint density at radius 2 is 1.84 bits per heavy atom. The van der Waals surface area contributed by atoms with Gasteiger partial charge in [-0.05, 0) is 74.0 Å². The molecule has 25 heavy (non-hydrogen) atoms. The minimum absolute atomic E-state index is 0.297. The van der Waals surface area contributed by atoms with Crippen LogP contribution in [0.5, 0.6) is 0 Å². The monoisotopic (exact) mass is 384 g/mol. The lowest BCUT2D eigenvalue weighted by atomic mass is 9.88. The van der Waals surface area contributed by atoms with Crippen molar-refractivity contribution in [2.24, 2.45) is 11.8 Å². The molecule has 0 radical (unpaired) electrons. The second kappa shape index (κ2) is 13.1. The van der Waals surface area contributed by atoms with Crippen molar-refractivity contribution in [3.63, 3.8) is 0 Å². The smallest absolute Gasteiger partial charge is 0.303 e. The number of carboxylic acids is 1. The molecule has 2 atom stereocenters. The van der Waals surface area contributed by atoms with Crippen LogP contribution in [0.15, 0.2) is 12.2 Å². The molecular formula is C21H36O2S2. The highest BCUT2D eigenvalue weighted by molar-refractivity contribution is 8.00. The normalized spacial score (nSPS) is 25.0. The molecule has 0 unspecified atom stereocenters. The molecule has 0 aromatic heterocycles. The minimum Gasteiger partial charge on any atom is -0.481 e. The highest BCUT2D eigenvalue weighted by Gasteiger charge is 2.26. The van der Waals surface area contributed by atoms with Gasteiger partial charge in [0.25, 0.3) is 0 Å². The van der Waals surface area contributed by atoms with E-state index in [9.17, 15) is 4.79 Å². The van der Waals surface area contributed by atoms with Crippen LogP contribution in [0, 0.1) is 11.8 Å². The Kier molecular flexibility index (Phi) is 11.1. The number of carbonyl (C=O) groups is 1. The molecule has 0 spiro atoms. The van der Waals surface area contributed by atoms with Crippen LogP contribution >= 0.6 is 23.5 Å². The molecule has 4 heteroatoms. The fourth-order valence-corrected chi connectivity index (χ4v) is 6.93. The van der Waals surface area contributed by atoms with Gasteiger partial charge in [0.2, 0.25) is 0 Å². The lowest BCUT2D eigenvalue weighted by Gasteiger charge is -2.21. The van der Waals surface area contributed by atoms with E-state index in [2.05, 4.69) is 35.7 Å². The number of thioether (sulfide) groups is 2. The van der Waals surface area contributed by atoms with Gasteiger partial charge in [-0.15, -0.1) is 0 Å². The number of aliphatic carboxylic acids is 1. The van der Waals surface area contributed by atoms with E-state index in [4.69, 9.17) is 5.11 Å². The Bertz CT molecular complexity index is 391. The summed E-state index contributed by atoms with van der Waals surface area (Å²) in [6.45, 7) is 0. The van der Waals surface area contributed by atoms with Crippen LogP contribution < -0.4 is 0 Å². The maximum absolute atomic E-state index is 10.5. The first-order valence-corrected chi connectivity index (χ1v) is 12.5. The second-order valence-electron chi connectivity index (χ2n) is 7.68. The number of carboxylic acid groups (broad SMARTS) is 1. The molecular weight excluding hydrogens is 348 g/mol. The number of unbranched alkanes of at least 4 members (excludes halogenated alkanes) is 2. The third-order valence-corrected chi connectivity index (χ3v) is 8.37. The maximum Gasteiger partial charge on any atom is 0.303 e. The summed E-state index contributed by atoms with van der Waals surface area (Å²) in [5.41, 5.74) is 0. The summed E-state index contributed by atoms with van der Waals surface area (Å²) in [4.78, 5) is 10.5. The van der Waals surface area contributed by atoms with Gasteiger partial charge in [-0.1, -0.05) is 37.8 Å². The van der Waals surface area contributed by atoms with Crippen LogP contribution in [0.4, 0.5) is 0 Å². The highest BCUT2D eigenvalue weighted by atomic mass is 32.2.